The zero-order chi connectivity index (χ0) is 22.5. The smallest absolute Gasteiger partial charge is 0.270 e. The van der Waals surface area contributed by atoms with Crippen molar-refractivity contribution < 1.29 is 14.5 Å². The Hall–Kier alpha value is -3.61. The Morgan fingerprint density at radius 3 is 2.94 bits per heavy atom. The number of H-pyrrole nitrogens is 1. The maximum atomic E-state index is 12.4. The van der Waals surface area contributed by atoms with Crippen molar-refractivity contribution in [1.29, 1.82) is 0 Å². The van der Waals surface area contributed by atoms with E-state index in [1.54, 1.807) is 25.3 Å². The predicted molar refractivity (Wildman–Crippen MR) is 122 cm³/mol. The average molecular weight is 431 g/mol. The van der Waals surface area contributed by atoms with Crippen molar-refractivity contribution in [2.24, 2.45) is 5.92 Å². The molecule has 5 rings (SSSR count). The molecule has 2 atom stereocenters. The lowest BCUT2D eigenvalue weighted by Gasteiger charge is -2.51. The third kappa shape index (κ3) is 3.07. The van der Waals surface area contributed by atoms with Crippen LogP contribution in [0, 0.1) is 16.0 Å². The zero-order valence-electron chi connectivity index (χ0n) is 18.0. The molecule has 0 spiro atoms. The fourth-order valence-corrected chi connectivity index (χ4v) is 5.66. The molecular formula is C25H25N3O4. The average Bonchev–Trinajstić information content (AvgIpc) is 3.17. The molecular weight excluding hydrogens is 406 g/mol. The fraction of sp³-hybridized carbons (Fsp3) is 0.320. The molecule has 0 saturated carbocycles. The number of ether oxygens (including phenoxy) is 1. The van der Waals surface area contributed by atoms with E-state index in [0.717, 1.165) is 47.2 Å². The Morgan fingerprint density at radius 2 is 2.19 bits per heavy atom. The third-order valence-electron chi connectivity index (χ3n) is 7.31. The molecule has 2 heterocycles. The van der Waals surface area contributed by atoms with Gasteiger partial charge in [-0.15, -0.1) is 0 Å². The van der Waals surface area contributed by atoms with E-state index < -0.39 is 0 Å². The highest BCUT2D eigenvalue weighted by Gasteiger charge is 2.48. The normalized spacial score (nSPS) is 22.2. The van der Waals surface area contributed by atoms with Gasteiger partial charge in [0.05, 0.1) is 12.0 Å². The summed E-state index contributed by atoms with van der Waals surface area (Å²) in [6.07, 6.45) is 3.74. The van der Waals surface area contributed by atoms with Gasteiger partial charge in [-0.1, -0.05) is 18.7 Å². The van der Waals surface area contributed by atoms with E-state index in [4.69, 9.17) is 4.74 Å². The van der Waals surface area contributed by atoms with Gasteiger partial charge in [0.2, 0.25) is 5.91 Å². The number of benzene rings is 2. The van der Waals surface area contributed by atoms with Crippen LogP contribution in [0.15, 0.2) is 55.1 Å². The van der Waals surface area contributed by atoms with Crippen molar-refractivity contribution >= 4 is 22.5 Å². The SMILES string of the molecule is C=CC(=O)N1CC[C@]2(c3cccc(OC)c3)Cc3[nH]c4ccc([N+](=O)[O-])cc4c3CC2C1. The van der Waals surface area contributed by atoms with Crippen molar-refractivity contribution in [1.82, 2.24) is 9.88 Å². The molecule has 0 bridgehead atoms. The van der Waals surface area contributed by atoms with Crippen molar-refractivity contribution in [2.75, 3.05) is 20.2 Å². The van der Waals surface area contributed by atoms with Crippen LogP contribution in [0.1, 0.15) is 23.2 Å². The number of aromatic amines is 1. The Balaban J connectivity index is 1.64. The number of hydrogen-bond donors (Lipinski definition) is 1. The van der Waals surface area contributed by atoms with E-state index in [1.807, 2.05) is 17.0 Å². The minimum absolute atomic E-state index is 0.0513. The second-order valence-corrected chi connectivity index (χ2v) is 8.77. The number of nitrogens with one attached hydrogen (secondary N) is 1. The summed E-state index contributed by atoms with van der Waals surface area (Å²) in [7, 11) is 1.67. The number of nitro benzene ring substituents is 1. The number of hydrogen-bond acceptors (Lipinski definition) is 4. The van der Waals surface area contributed by atoms with Crippen LogP contribution in [0.2, 0.25) is 0 Å². The van der Waals surface area contributed by atoms with Crippen molar-refractivity contribution in [3.05, 3.63) is 82.1 Å². The van der Waals surface area contributed by atoms with E-state index in [2.05, 4.69) is 23.7 Å². The van der Waals surface area contributed by atoms with Gasteiger partial charge in [0.15, 0.2) is 0 Å². The first-order valence-electron chi connectivity index (χ1n) is 10.8. The zero-order valence-corrected chi connectivity index (χ0v) is 18.0. The minimum atomic E-state index is -0.354. The highest BCUT2D eigenvalue weighted by molar-refractivity contribution is 5.88. The van der Waals surface area contributed by atoms with Crippen molar-refractivity contribution in [3.63, 3.8) is 0 Å². The molecule has 1 fully saturated rings. The number of carbonyl (C=O) groups is 1. The van der Waals surface area contributed by atoms with E-state index >= 15 is 0 Å². The summed E-state index contributed by atoms with van der Waals surface area (Å²) in [6, 6.07) is 13.2. The summed E-state index contributed by atoms with van der Waals surface area (Å²) in [5, 5.41) is 12.2. The van der Waals surface area contributed by atoms with Gasteiger partial charge >= 0.3 is 0 Å². The Bertz CT molecular complexity index is 1250. The summed E-state index contributed by atoms with van der Waals surface area (Å²) in [6.45, 7) is 4.95. The maximum absolute atomic E-state index is 12.4. The molecule has 7 heteroatoms. The predicted octanol–water partition coefficient (Wildman–Crippen LogP) is 4.16. The molecule has 1 unspecified atom stereocenters. The summed E-state index contributed by atoms with van der Waals surface area (Å²) >= 11 is 0. The van der Waals surface area contributed by atoms with Gasteiger partial charge in [0.25, 0.3) is 5.69 Å². The monoisotopic (exact) mass is 431 g/mol. The molecule has 1 aliphatic carbocycles. The first kappa shape index (κ1) is 20.3. The van der Waals surface area contributed by atoms with Gasteiger partial charge in [-0.2, -0.15) is 0 Å². The number of aromatic nitrogens is 1. The molecule has 1 aliphatic heterocycles. The molecule has 2 aliphatic rings. The number of rotatable bonds is 4. The fourth-order valence-electron chi connectivity index (χ4n) is 5.66. The maximum Gasteiger partial charge on any atom is 0.270 e. The van der Waals surface area contributed by atoms with E-state index in [9.17, 15) is 14.9 Å². The Kier molecular flexibility index (Phi) is 4.77. The number of non-ortho nitro benzene ring substituents is 1. The van der Waals surface area contributed by atoms with Gasteiger partial charge in [-0.3, -0.25) is 14.9 Å². The lowest BCUT2D eigenvalue weighted by molar-refractivity contribution is -0.384. The van der Waals surface area contributed by atoms with Crippen LogP contribution in [-0.2, 0) is 23.1 Å². The van der Waals surface area contributed by atoms with E-state index in [0.29, 0.717) is 13.1 Å². The van der Waals surface area contributed by atoms with Gasteiger partial charge in [0, 0.05) is 47.2 Å². The second kappa shape index (κ2) is 7.51. The van der Waals surface area contributed by atoms with Gasteiger partial charge in [-0.25, -0.2) is 0 Å². The number of methoxy groups -OCH3 is 1. The van der Waals surface area contributed by atoms with Gasteiger partial charge in [-0.05, 0) is 60.6 Å². The molecule has 0 radical (unpaired) electrons. The number of fused-ring (bicyclic) bond motifs is 4. The van der Waals surface area contributed by atoms with Crippen LogP contribution in [0.4, 0.5) is 5.69 Å². The quantitative estimate of drug-likeness (QED) is 0.382. The molecule has 1 aromatic heterocycles. The lowest BCUT2D eigenvalue weighted by Crippen LogP contribution is -2.54. The number of amides is 1. The number of nitro groups is 1. The van der Waals surface area contributed by atoms with Gasteiger partial charge in [0.1, 0.15) is 5.75 Å². The Labute approximate surface area is 185 Å². The second-order valence-electron chi connectivity index (χ2n) is 8.77. The van der Waals surface area contributed by atoms with E-state index in [-0.39, 0.29) is 27.9 Å². The molecule has 7 nitrogen and oxygen atoms in total. The van der Waals surface area contributed by atoms with Crippen molar-refractivity contribution in [2.45, 2.75) is 24.7 Å². The molecule has 1 N–H and O–H groups in total. The first-order valence-corrected chi connectivity index (χ1v) is 10.8. The van der Waals surface area contributed by atoms with Crippen molar-refractivity contribution in [3.8, 4) is 5.75 Å². The summed E-state index contributed by atoms with van der Waals surface area (Å²) in [4.78, 5) is 28.8. The summed E-state index contributed by atoms with van der Waals surface area (Å²) in [5.41, 5.74) is 4.33. The highest BCUT2D eigenvalue weighted by atomic mass is 16.6. The standard InChI is InChI=1S/C25H25N3O4/c1-3-24(29)27-10-9-25(16-5-4-6-19(11-16)32-2)14-23-20(12-17(25)15-27)21-13-18(28(30)31)7-8-22(21)26-23/h3-8,11,13,17,26H,1,9-10,12,14-15H2,2H3/t17?,25-/m1/s1. The molecule has 1 saturated heterocycles. The number of carbonyl (C=O) groups excluding carboxylic acids is 1. The van der Waals surface area contributed by atoms with Crippen LogP contribution >= 0.6 is 0 Å². The van der Waals surface area contributed by atoms with Crippen LogP contribution in [0.3, 0.4) is 0 Å². The lowest BCUT2D eigenvalue weighted by atomic mass is 9.58. The molecule has 2 aromatic carbocycles. The molecule has 164 valence electrons. The largest absolute Gasteiger partial charge is 0.497 e. The van der Waals surface area contributed by atoms with Gasteiger partial charge < -0.3 is 14.6 Å². The van der Waals surface area contributed by atoms with E-state index in [1.165, 1.54) is 11.6 Å². The highest BCUT2D eigenvalue weighted by Crippen LogP contribution is 2.49. The van der Waals surface area contributed by atoms with Crippen LogP contribution in [-0.4, -0.2) is 40.9 Å². The van der Waals surface area contributed by atoms with Crippen LogP contribution in [0.5, 0.6) is 5.75 Å². The third-order valence-corrected chi connectivity index (χ3v) is 7.31. The Morgan fingerprint density at radius 1 is 1.34 bits per heavy atom. The molecule has 3 aromatic rings. The summed E-state index contributed by atoms with van der Waals surface area (Å²) < 4.78 is 5.50. The van der Waals surface area contributed by atoms with Crippen LogP contribution < -0.4 is 4.74 Å². The topological polar surface area (TPSA) is 88.5 Å². The minimum Gasteiger partial charge on any atom is -0.497 e. The molecule has 1 amide bonds. The first-order chi connectivity index (χ1) is 15.4. The number of piperidine rings is 1. The number of nitrogens with zero attached hydrogens (tertiary/aromatic N) is 2. The van der Waals surface area contributed by atoms with Crippen LogP contribution in [0.25, 0.3) is 10.9 Å². The number of likely N-dealkylation sites (tertiary alicyclic amines) is 1. The molecule has 32 heavy (non-hydrogen) atoms. The summed E-state index contributed by atoms with van der Waals surface area (Å²) in [5.74, 6) is 0.945.